The van der Waals surface area contributed by atoms with E-state index in [2.05, 4.69) is 9.97 Å². The Hall–Kier alpha value is -2.95. The molecule has 0 saturated heterocycles. The Balaban J connectivity index is 1.82. The van der Waals surface area contributed by atoms with Gasteiger partial charge in [-0.05, 0) is 18.2 Å². The van der Waals surface area contributed by atoms with E-state index in [9.17, 15) is 4.79 Å². The maximum absolute atomic E-state index is 11.1. The lowest BCUT2D eigenvalue weighted by Gasteiger charge is -2.08. The van der Waals surface area contributed by atoms with Crippen LogP contribution in [0.2, 0.25) is 0 Å². The third kappa shape index (κ3) is 2.81. The number of benzene rings is 1. The van der Waals surface area contributed by atoms with Crippen LogP contribution in [0.15, 0.2) is 54.9 Å². The molecule has 1 N–H and O–H groups in total. The number of carboxylic acids is 1. The van der Waals surface area contributed by atoms with Crippen LogP contribution in [-0.2, 0) is 6.61 Å². The lowest BCUT2D eigenvalue weighted by Crippen LogP contribution is -2.07. The summed E-state index contributed by atoms with van der Waals surface area (Å²) in [5.41, 5.74) is 1.42. The Morgan fingerprint density at radius 3 is 2.86 bits per heavy atom. The van der Waals surface area contributed by atoms with Crippen molar-refractivity contribution in [3.05, 3.63) is 66.1 Å². The van der Waals surface area contributed by atoms with Crippen LogP contribution >= 0.6 is 0 Å². The number of aromatic carboxylic acids is 1. The Bertz CT molecular complexity index is 802. The average Bonchev–Trinajstić information content (AvgIpc) is 2.53. The first-order valence-electron chi connectivity index (χ1n) is 6.39. The van der Waals surface area contributed by atoms with Gasteiger partial charge in [-0.15, -0.1) is 0 Å². The lowest BCUT2D eigenvalue weighted by molar-refractivity contribution is 0.0687. The summed E-state index contributed by atoms with van der Waals surface area (Å²) in [6.45, 7) is 0.134. The summed E-state index contributed by atoms with van der Waals surface area (Å²) in [7, 11) is 0. The van der Waals surface area contributed by atoms with Gasteiger partial charge in [0, 0.05) is 17.1 Å². The molecule has 3 rings (SSSR count). The molecule has 5 heteroatoms. The summed E-state index contributed by atoms with van der Waals surface area (Å²) in [4.78, 5) is 19.2. The van der Waals surface area contributed by atoms with Crippen LogP contribution in [0, 0.1) is 0 Å². The highest BCUT2D eigenvalue weighted by Gasteiger charge is 2.11. The first kappa shape index (κ1) is 13.1. The fourth-order valence-corrected chi connectivity index (χ4v) is 2.04. The van der Waals surface area contributed by atoms with Gasteiger partial charge in [0.1, 0.15) is 12.4 Å². The number of carboxylic acid groups (broad SMARTS) is 1. The summed E-state index contributed by atoms with van der Waals surface area (Å²) >= 11 is 0. The van der Waals surface area contributed by atoms with Crippen LogP contribution in [0.1, 0.15) is 16.1 Å². The fraction of sp³-hybridized carbons (Fsp3) is 0.0625. The molecule has 1 aromatic carbocycles. The van der Waals surface area contributed by atoms with Gasteiger partial charge < -0.3 is 9.84 Å². The third-order valence-electron chi connectivity index (χ3n) is 3.05. The molecule has 104 valence electrons. The van der Waals surface area contributed by atoms with Gasteiger partial charge in [0.25, 0.3) is 0 Å². The smallest absolute Gasteiger partial charge is 0.354 e. The second-order valence-corrected chi connectivity index (χ2v) is 4.47. The molecule has 0 aliphatic heterocycles. The SMILES string of the molecule is O=C(O)c1ncccc1COc1cnc2ccccc2c1. The van der Waals surface area contributed by atoms with Crippen molar-refractivity contribution in [3.8, 4) is 5.75 Å². The molecule has 5 nitrogen and oxygen atoms in total. The first-order valence-corrected chi connectivity index (χ1v) is 6.39. The monoisotopic (exact) mass is 280 g/mol. The summed E-state index contributed by atoms with van der Waals surface area (Å²) in [6, 6.07) is 13.0. The Kier molecular flexibility index (Phi) is 3.47. The molecule has 3 aromatic rings. The molecule has 0 radical (unpaired) electrons. The maximum Gasteiger partial charge on any atom is 0.354 e. The number of aromatic nitrogens is 2. The standard InChI is InChI=1S/C16H12N2O3/c19-16(20)15-12(5-3-7-17-15)10-21-13-8-11-4-1-2-6-14(11)18-9-13/h1-9H,10H2,(H,19,20). The quantitative estimate of drug-likeness (QED) is 0.795. The summed E-state index contributed by atoms with van der Waals surface area (Å²) < 4.78 is 5.63. The van der Waals surface area contributed by atoms with Crippen LogP contribution in [0.25, 0.3) is 10.9 Å². The number of rotatable bonds is 4. The largest absolute Gasteiger partial charge is 0.487 e. The van der Waals surface area contributed by atoms with Crippen molar-refractivity contribution in [1.82, 2.24) is 9.97 Å². The van der Waals surface area contributed by atoms with Crippen LogP contribution in [0.5, 0.6) is 5.75 Å². The van der Waals surface area contributed by atoms with Crippen molar-refractivity contribution in [2.75, 3.05) is 0 Å². The van der Waals surface area contributed by atoms with Gasteiger partial charge in [-0.1, -0.05) is 24.3 Å². The topological polar surface area (TPSA) is 72.3 Å². The number of para-hydroxylation sites is 1. The minimum Gasteiger partial charge on any atom is -0.487 e. The van der Waals surface area contributed by atoms with Gasteiger partial charge in [0.05, 0.1) is 11.7 Å². The van der Waals surface area contributed by atoms with Crippen LogP contribution < -0.4 is 4.74 Å². The molecule has 0 amide bonds. The Labute approximate surface area is 120 Å². The molecular weight excluding hydrogens is 268 g/mol. The van der Waals surface area contributed by atoms with E-state index >= 15 is 0 Å². The number of hydrogen-bond donors (Lipinski definition) is 1. The molecule has 0 atom stereocenters. The van der Waals surface area contributed by atoms with Crippen molar-refractivity contribution in [1.29, 1.82) is 0 Å². The lowest BCUT2D eigenvalue weighted by atomic mass is 10.2. The van der Waals surface area contributed by atoms with E-state index in [1.807, 2.05) is 30.3 Å². The molecule has 0 unspecified atom stereocenters. The van der Waals surface area contributed by atoms with Gasteiger partial charge in [-0.2, -0.15) is 0 Å². The molecule has 2 aromatic heterocycles. The minimum atomic E-state index is -1.06. The maximum atomic E-state index is 11.1. The predicted molar refractivity (Wildman–Crippen MR) is 77.3 cm³/mol. The van der Waals surface area contributed by atoms with E-state index in [0.717, 1.165) is 10.9 Å². The average molecular weight is 280 g/mol. The first-order chi connectivity index (χ1) is 10.2. The van der Waals surface area contributed by atoms with Crippen LogP contribution in [0.4, 0.5) is 0 Å². The van der Waals surface area contributed by atoms with Crippen molar-refractivity contribution in [2.24, 2.45) is 0 Å². The number of fused-ring (bicyclic) bond motifs is 1. The number of pyridine rings is 2. The van der Waals surface area contributed by atoms with Crippen LogP contribution in [0.3, 0.4) is 0 Å². The summed E-state index contributed by atoms with van der Waals surface area (Å²) in [6.07, 6.45) is 3.07. The highest BCUT2D eigenvalue weighted by Crippen LogP contribution is 2.19. The van der Waals surface area contributed by atoms with Gasteiger partial charge in [0.2, 0.25) is 0 Å². The van der Waals surface area contributed by atoms with E-state index in [1.165, 1.54) is 6.20 Å². The minimum absolute atomic E-state index is 0.00579. The second kappa shape index (κ2) is 5.58. The fourth-order valence-electron chi connectivity index (χ4n) is 2.04. The number of carbonyl (C=O) groups is 1. The third-order valence-corrected chi connectivity index (χ3v) is 3.05. The molecule has 0 bridgehead atoms. The molecule has 0 fully saturated rings. The van der Waals surface area contributed by atoms with Gasteiger partial charge >= 0.3 is 5.97 Å². The predicted octanol–water partition coefficient (Wildman–Crippen LogP) is 2.91. The van der Waals surface area contributed by atoms with Gasteiger partial charge in [0.15, 0.2) is 5.69 Å². The van der Waals surface area contributed by atoms with Crippen molar-refractivity contribution in [3.63, 3.8) is 0 Å². The van der Waals surface area contributed by atoms with Gasteiger partial charge in [-0.25, -0.2) is 9.78 Å². The molecule has 0 saturated carbocycles. The van der Waals surface area contributed by atoms with Crippen molar-refractivity contribution >= 4 is 16.9 Å². The zero-order chi connectivity index (χ0) is 14.7. The molecule has 0 spiro atoms. The highest BCUT2D eigenvalue weighted by atomic mass is 16.5. The van der Waals surface area contributed by atoms with E-state index in [0.29, 0.717) is 11.3 Å². The molecule has 0 aliphatic rings. The van der Waals surface area contributed by atoms with E-state index in [-0.39, 0.29) is 12.3 Å². The zero-order valence-corrected chi connectivity index (χ0v) is 11.1. The number of ether oxygens (including phenoxy) is 1. The van der Waals surface area contributed by atoms with E-state index < -0.39 is 5.97 Å². The van der Waals surface area contributed by atoms with Gasteiger partial charge in [-0.3, -0.25) is 4.98 Å². The number of hydrogen-bond acceptors (Lipinski definition) is 4. The summed E-state index contributed by atoms with van der Waals surface area (Å²) in [5, 5.41) is 10.0. The molecular formula is C16H12N2O3. The highest BCUT2D eigenvalue weighted by molar-refractivity contribution is 5.86. The molecule has 0 aliphatic carbocycles. The second-order valence-electron chi connectivity index (χ2n) is 4.47. The normalized spacial score (nSPS) is 10.5. The molecule has 2 heterocycles. The van der Waals surface area contributed by atoms with E-state index in [1.54, 1.807) is 18.3 Å². The van der Waals surface area contributed by atoms with Crippen LogP contribution in [-0.4, -0.2) is 21.0 Å². The Morgan fingerprint density at radius 1 is 1.14 bits per heavy atom. The zero-order valence-electron chi connectivity index (χ0n) is 11.1. The van der Waals surface area contributed by atoms with Crippen molar-refractivity contribution < 1.29 is 14.6 Å². The number of nitrogens with zero attached hydrogens (tertiary/aromatic N) is 2. The van der Waals surface area contributed by atoms with E-state index in [4.69, 9.17) is 9.84 Å². The summed E-state index contributed by atoms with van der Waals surface area (Å²) in [5.74, 6) is -0.472. The Morgan fingerprint density at radius 2 is 2.00 bits per heavy atom. The molecule has 21 heavy (non-hydrogen) atoms. The van der Waals surface area contributed by atoms with Crippen molar-refractivity contribution in [2.45, 2.75) is 6.61 Å².